The number of nitrogens with two attached hydrogens (primary N) is 1. The van der Waals surface area contributed by atoms with Gasteiger partial charge in [0.1, 0.15) is 5.75 Å². The van der Waals surface area contributed by atoms with E-state index in [9.17, 15) is 4.79 Å². The summed E-state index contributed by atoms with van der Waals surface area (Å²) >= 11 is 0. The van der Waals surface area contributed by atoms with Gasteiger partial charge < -0.3 is 15.8 Å². The van der Waals surface area contributed by atoms with E-state index in [1.165, 1.54) is 0 Å². The number of carbonyl (C=O) groups is 1. The predicted octanol–water partition coefficient (Wildman–Crippen LogP) is 2.09. The van der Waals surface area contributed by atoms with Crippen LogP contribution in [0.2, 0.25) is 0 Å². The van der Waals surface area contributed by atoms with Crippen LogP contribution in [-0.4, -0.2) is 24.6 Å². The summed E-state index contributed by atoms with van der Waals surface area (Å²) in [7, 11) is 0. The van der Waals surface area contributed by atoms with Gasteiger partial charge in [0.15, 0.2) is 0 Å². The fraction of sp³-hybridized carbons (Fsp3) is 0.533. The highest BCUT2D eigenvalue weighted by atomic mass is 16.5. The number of amides is 1. The lowest BCUT2D eigenvalue weighted by Crippen LogP contribution is -2.51. The molecule has 0 spiro atoms. The minimum absolute atomic E-state index is 0.0867. The summed E-state index contributed by atoms with van der Waals surface area (Å²) < 4.78 is 5.50. The third kappa shape index (κ3) is 3.07. The molecule has 104 valence electrons. The number of hydrogen-bond donors (Lipinski definition) is 2. The Morgan fingerprint density at radius 1 is 1.37 bits per heavy atom. The van der Waals surface area contributed by atoms with Gasteiger partial charge in [-0.25, -0.2) is 0 Å². The monoisotopic (exact) mass is 262 g/mol. The summed E-state index contributed by atoms with van der Waals surface area (Å²) in [5.74, 6) is 0.545. The van der Waals surface area contributed by atoms with E-state index in [2.05, 4.69) is 5.32 Å². The summed E-state index contributed by atoms with van der Waals surface area (Å²) in [5.41, 5.74) is 6.21. The Hall–Kier alpha value is -1.55. The molecular weight excluding hydrogens is 240 g/mol. The van der Waals surface area contributed by atoms with Crippen LogP contribution in [0.4, 0.5) is 0 Å². The Morgan fingerprint density at radius 3 is 2.68 bits per heavy atom. The molecule has 2 rings (SSSR count). The van der Waals surface area contributed by atoms with E-state index in [4.69, 9.17) is 10.5 Å². The largest absolute Gasteiger partial charge is 0.493 e. The Balaban J connectivity index is 2.15. The van der Waals surface area contributed by atoms with Crippen LogP contribution in [0.25, 0.3) is 0 Å². The molecule has 0 atom stereocenters. The second kappa shape index (κ2) is 6.06. The Labute approximate surface area is 114 Å². The van der Waals surface area contributed by atoms with Crippen LogP contribution >= 0.6 is 0 Å². The zero-order valence-corrected chi connectivity index (χ0v) is 11.4. The summed E-state index contributed by atoms with van der Waals surface area (Å²) in [6.45, 7) is 2.95. The van der Waals surface area contributed by atoms with Crippen molar-refractivity contribution in [3.05, 3.63) is 29.8 Å². The van der Waals surface area contributed by atoms with Crippen molar-refractivity contribution in [3.8, 4) is 5.75 Å². The molecule has 1 saturated carbocycles. The molecular formula is C15H22N2O2. The summed E-state index contributed by atoms with van der Waals surface area (Å²) in [6, 6.07) is 7.33. The fourth-order valence-electron chi connectivity index (χ4n) is 2.68. The Morgan fingerprint density at radius 2 is 2.05 bits per heavy atom. The van der Waals surface area contributed by atoms with Crippen molar-refractivity contribution in [1.82, 2.24) is 5.32 Å². The van der Waals surface area contributed by atoms with Crippen molar-refractivity contribution >= 4 is 5.91 Å². The molecule has 0 heterocycles. The van der Waals surface area contributed by atoms with Gasteiger partial charge in [0, 0.05) is 6.54 Å². The van der Waals surface area contributed by atoms with E-state index in [1.807, 2.05) is 25.1 Å². The van der Waals surface area contributed by atoms with Crippen molar-refractivity contribution in [2.24, 2.45) is 5.73 Å². The number of benzene rings is 1. The molecule has 0 unspecified atom stereocenters. The van der Waals surface area contributed by atoms with Gasteiger partial charge in [-0.3, -0.25) is 4.79 Å². The molecule has 1 aromatic carbocycles. The van der Waals surface area contributed by atoms with E-state index in [1.54, 1.807) is 6.07 Å². The molecule has 4 nitrogen and oxygen atoms in total. The molecule has 1 aromatic rings. The van der Waals surface area contributed by atoms with Crippen LogP contribution < -0.4 is 15.8 Å². The van der Waals surface area contributed by atoms with Crippen LogP contribution in [0.1, 0.15) is 43.0 Å². The first-order chi connectivity index (χ1) is 9.21. The SMILES string of the molecule is CCOc1ccccc1C(=O)NC1(CN)CCCC1. The second-order valence-corrected chi connectivity index (χ2v) is 5.07. The topological polar surface area (TPSA) is 64.3 Å². The minimum atomic E-state index is -0.226. The van der Waals surface area contributed by atoms with E-state index in [-0.39, 0.29) is 11.4 Å². The lowest BCUT2D eigenvalue weighted by molar-refractivity contribution is 0.0899. The van der Waals surface area contributed by atoms with Crippen LogP contribution in [0, 0.1) is 0 Å². The maximum atomic E-state index is 12.4. The van der Waals surface area contributed by atoms with Gasteiger partial charge in [0.25, 0.3) is 5.91 Å². The molecule has 1 aliphatic carbocycles. The Bertz CT molecular complexity index is 440. The molecule has 4 heteroatoms. The number of carbonyl (C=O) groups excluding carboxylic acids is 1. The van der Waals surface area contributed by atoms with Gasteiger partial charge >= 0.3 is 0 Å². The van der Waals surface area contributed by atoms with Gasteiger partial charge in [-0.2, -0.15) is 0 Å². The minimum Gasteiger partial charge on any atom is -0.493 e. The van der Waals surface area contributed by atoms with Gasteiger partial charge in [0.05, 0.1) is 17.7 Å². The van der Waals surface area contributed by atoms with Crippen molar-refractivity contribution in [3.63, 3.8) is 0 Å². The van der Waals surface area contributed by atoms with Crippen LogP contribution in [0.5, 0.6) is 5.75 Å². The number of rotatable bonds is 5. The quantitative estimate of drug-likeness (QED) is 0.854. The first kappa shape index (κ1) is 13.9. The zero-order chi connectivity index (χ0) is 13.7. The highest BCUT2D eigenvalue weighted by Gasteiger charge is 2.34. The lowest BCUT2D eigenvalue weighted by Gasteiger charge is -2.29. The average Bonchev–Trinajstić information content (AvgIpc) is 2.89. The molecule has 0 aromatic heterocycles. The molecule has 0 radical (unpaired) electrons. The zero-order valence-electron chi connectivity index (χ0n) is 11.4. The summed E-state index contributed by atoms with van der Waals surface area (Å²) in [4.78, 5) is 12.4. The van der Waals surface area contributed by atoms with Crippen molar-refractivity contribution in [2.75, 3.05) is 13.2 Å². The molecule has 0 saturated heterocycles. The van der Waals surface area contributed by atoms with Gasteiger partial charge in [-0.05, 0) is 31.9 Å². The molecule has 0 aliphatic heterocycles. The van der Waals surface area contributed by atoms with E-state index in [0.29, 0.717) is 24.5 Å². The van der Waals surface area contributed by atoms with Gasteiger partial charge in [-0.15, -0.1) is 0 Å². The molecule has 1 fully saturated rings. The lowest BCUT2D eigenvalue weighted by atomic mass is 9.97. The smallest absolute Gasteiger partial charge is 0.255 e. The van der Waals surface area contributed by atoms with Crippen molar-refractivity contribution in [1.29, 1.82) is 0 Å². The van der Waals surface area contributed by atoms with E-state index in [0.717, 1.165) is 25.7 Å². The third-order valence-electron chi connectivity index (χ3n) is 3.76. The van der Waals surface area contributed by atoms with E-state index < -0.39 is 0 Å². The van der Waals surface area contributed by atoms with Crippen molar-refractivity contribution < 1.29 is 9.53 Å². The maximum absolute atomic E-state index is 12.4. The maximum Gasteiger partial charge on any atom is 0.255 e. The number of nitrogens with one attached hydrogen (secondary N) is 1. The number of hydrogen-bond acceptors (Lipinski definition) is 3. The third-order valence-corrected chi connectivity index (χ3v) is 3.76. The second-order valence-electron chi connectivity index (χ2n) is 5.07. The number of ether oxygens (including phenoxy) is 1. The van der Waals surface area contributed by atoms with Gasteiger partial charge in [-0.1, -0.05) is 25.0 Å². The molecule has 19 heavy (non-hydrogen) atoms. The van der Waals surface area contributed by atoms with E-state index >= 15 is 0 Å². The molecule has 1 aliphatic rings. The molecule has 0 bridgehead atoms. The standard InChI is InChI=1S/C15H22N2O2/c1-2-19-13-8-4-3-7-12(13)14(18)17-15(11-16)9-5-6-10-15/h3-4,7-8H,2,5-6,9-11,16H2,1H3,(H,17,18). The normalized spacial score (nSPS) is 17.2. The fourth-order valence-corrected chi connectivity index (χ4v) is 2.68. The van der Waals surface area contributed by atoms with Crippen LogP contribution in [0.15, 0.2) is 24.3 Å². The van der Waals surface area contributed by atoms with Crippen molar-refractivity contribution in [2.45, 2.75) is 38.1 Å². The highest BCUT2D eigenvalue weighted by Crippen LogP contribution is 2.29. The summed E-state index contributed by atoms with van der Waals surface area (Å²) in [5, 5.41) is 3.11. The average molecular weight is 262 g/mol. The Kier molecular flexibility index (Phi) is 4.43. The first-order valence-corrected chi connectivity index (χ1v) is 6.95. The van der Waals surface area contributed by atoms with Crippen LogP contribution in [0.3, 0.4) is 0 Å². The predicted molar refractivity (Wildman–Crippen MR) is 75.3 cm³/mol. The summed E-state index contributed by atoms with van der Waals surface area (Å²) in [6.07, 6.45) is 4.19. The molecule has 3 N–H and O–H groups in total. The van der Waals surface area contributed by atoms with Gasteiger partial charge in [0.2, 0.25) is 0 Å². The first-order valence-electron chi connectivity index (χ1n) is 6.95. The number of para-hydroxylation sites is 1. The van der Waals surface area contributed by atoms with Crippen LogP contribution in [-0.2, 0) is 0 Å². The highest BCUT2D eigenvalue weighted by molar-refractivity contribution is 5.97. The molecule has 1 amide bonds.